The van der Waals surface area contributed by atoms with Gasteiger partial charge in [-0.05, 0) is 11.0 Å². The van der Waals surface area contributed by atoms with E-state index < -0.39 is 0 Å². The summed E-state index contributed by atoms with van der Waals surface area (Å²) >= 11 is 0. The molecule has 0 rings (SSSR count). The van der Waals surface area contributed by atoms with Crippen LogP contribution in [0.5, 0.6) is 0 Å². The summed E-state index contributed by atoms with van der Waals surface area (Å²) in [6.07, 6.45) is 0. The van der Waals surface area contributed by atoms with Crippen molar-refractivity contribution < 1.29 is 5.48 Å². The zero-order valence-corrected chi connectivity index (χ0v) is 2.59. The van der Waals surface area contributed by atoms with Crippen molar-refractivity contribution in [3.05, 3.63) is 6.15 Å². The average Bonchev–Trinajstić information content (AvgIpc) is 0. The summed E-state index contributed by atoms with van der Waals surface area (Å²) in [6.45, 7) is 0. The number of hydrogen-bond donors (Lipinski definition) is 0. The predicted molar refractivity (Wildman–Crippen MR) is 21.1 cm³/mol. The molecule has 0 saturated carbocycles. The van der Waals surface area contributed by atoms with Crippen molar-refractivity contribution in [2.45, 2.75) is 0 Å². The van der Waals surface area contributed by atoms with Crippen molar-refractivity contribution in [1.82, 2.24) is 0 Å². The largest absolute Gasteiger partial charge is 3.00 e. The van der Waals surface area contributed by atoms with Crippen LogP contribution in [-0.4, -0.2) is 28.3 Å². The number of hydrogen-bond acceptors (Lipinski definition) is 0. The zero-order chi connectivity index (χ0) is 0. The van der Waals surface area contributed by atoms with Crippen LogP contribution in [0.15, 0.2) is 0 Å². The molecule has 0 aromatic heterocycles. The van der Waals surface area contributed by atoms with Crippen LogP contribution >= 0.6 is 0 Å². The summed E-state index contributed by atoms with van der Waals surface area (Å²) in [5.41, 5.74) is 0. The maximum Gasteiger partial charge on any atom is 3.00 e. The van der Waals surface area contributed by atoms with Gasteiger partial charge in [-0.25, -0.2) is 0 Å². The van der Waals surface area contributed by atoms with E-state index in [4.69, 9.17) is 0 Å². The number of nitrogens with zero attached hydrogens (tertiary/aromatic N) is 1. The molecule has 0 saturated heterocycles. The second kappa shape index (κ2) is 58.4. The van der Waals surface area contributed by atoms with Crippen LogP contribution in [0.25, 0.3) is 6.15 Å². The molecule has 4 heavy (non-hydrogen) atoms. The Morgan fingerprint density at radius 3 is 1.00 bits per heavy atom. The van der Waals surface area contributed by atoms with Crippen LogP contribution in [0.4, 0.5) is 0 Å². The molecule has 0 fully saturated rings. The first-order valence-corrected chi connectivity index (χ1v) is 0. The van der Waals surface area contributed by atoms with Crippen LogP contribution < -0.4 is 0 Å². The SMILES string of the molecule is [Al+3].[N-3].[O].[SiH4]. The van der Waals surface area contributed by atoms with E-state index in [1.165, 1.54) is 0 Å². The second-order valence-electron chi connectivity index (χ2n) is 0. The third-order valence-electron chi connectivity index (χ3n) is 0. The third-order valence-corrected chi connectivity index (χ3v) is 0. The standard InChI is InChI=1S/Al.N.O.H4Si/h;;;1H4/q+3;-3;;. The van der Waals surface area contributed by atoms with Crippen molar-refractivity contribution >= 4 is 28.3 Å². The quantitative estimate of drug-likeness (QED) is 0.319. The van der Waals surface area contributed by atoms with Crippen LogP contribution in [-0.2, 0) is 5.48 Å². The Labute approximate surface area is 40.6 Å². The van der Waals surface area contributed by atoms with E-state index in [0.29, 0.717) is 0 Å². The normalized spacial score (nSPS) is 0. The van der Waals surface area contributed by atoms with Crippen LogP contribution in [0.1, 0.15) is 0 Å². The summed E-state index contributed by atoms with van der Waals surface area (Å²) in [7, 11) is 0. The molecule has 0 aromatic rings. The molecule has 0 spiro atoms. The van der Waals surface area contributed by atoms with Gasteiger partial charge in [0, 0.05) is 5.48 Å². The molecule has 0 N–H and O–H groups in total. The molecule has 0 amide bonds. The summed E-state index contributed by atoms with van der Waals surface area (Å²) in [5.74, 6) is 0. The smallest absolute Gasteiger partial charge is 3.00 e. The fraction of sp³-hybridized carbons (Fsp3) is 0. The molecule has 0 aromatic carbocycles. The molecule has 22 valence electrons. The van der Waals surface area contributed by atoms with E-state index in [1.54, 1.807) is 0 Å². The molecule has 0 heterocycles. The van der Waals surface area contributed by atoms with Gasteiger partial charge < -0.3 is 6.15 Å². The van der Waals surface area contributed by atoms with Crippen molar-refractivity contribution in [2.24, 2.45) is 0 Å². The van der Waals surface area contributed by atoms with Gasteiger partial charge >= 0.3 is 17.4 Å². The topological polar surface area (TPSA) is 59.0 Å². The first kappa shape index (κ1) is 140. The summed E-state index contributed by atoms with van der Waals surface area (Å²) in [5, 5.41) is 0. The Balaban J connectivity index is 0. The van der Waals surface area contributed by atoms with Gasteiger partial charge in [-0.3, -0.25) is 0 Å². The Bertz CT molecular complexity index is 8.00. The Morgan fingerprint density at radius 2 is 1.00 bits per heavy atom. The third kappa shape index (κ3) is 16.6. The fourth-order valence-corrected chi connectivity index (χ4v) is 0. The van der Waals surface area contributed by atoms with Crippen molar-refractivity contribution in [3.8, 4) is 0 Å². The van der Waals surface area contributed by atoms with Gasteiger partial charge in [-0.1, -0.05) is 0 Å². The van der Waals surface area contributed by atoms with Gasteiger partial charge in [0.2, 0.25) is 0 Å². The van der Waals surface area contributed by atoms with Gasteiger partial charge in [0.25, 0.3) is 0 Å². The zero-order valence-electron chi connectivity index (χ0n) is 1.43. The molecule has 2 nitrogen and oxygen atoms in total. The molecule has 2 radical (unpaired) electrons. The maximum absolute atomic E-state index is 0. The molecule has 0 aliphatic carbocycles. The van der Waals surface area contributed by atoms with Crippen LogP contribution in [0.2, 0.25) is 0 Å². The molecule has 0 unspecified atom stereocenters. The molecule has 0 bridgehead atoms. The van der Waals surface area contributed by atoms with Crippen LogP contribution in [0.3, 0.4) is 0 Å². The molecule has 0 aliphatic rings. The fourth-order valence-electron chi connectivity index (χ4n) is 0. The van der Waals surface area contributed by atoms with Gasteiger partial charge in [0.05, 0.1) is 0 Å². The minimum Gasteiger partial charge on any atom is -3.00 e. The van der Waals surface area contributed by atoms with E-state index in [2.05, 4.69) is 0 Å². The average molecular weight is 89.1 g/mol. The number of rotatable bonds is 0. The maximum atomic E-state index is 0. The first-order chi connectivity index (χ1) is 0. The summed E-state index contributed by atoms with van der Waals surface area (Å²) in [6, 6.07) is 0. The summed E-state index contributed by atoms with van der Waals surface area (Å²) in [4.78, 5) is 0. The van der Waals surface area contributed by atoms with Gasteiger partial charge in [-0.2, -0.15) is 0 Å². The Morgan fingerprint density at radius 1 is 1.00 bits per heavy atom. The monoisotopic (exact) mass is 89.0 g/mol. The minimum absolute atomic E-state index is 0. The van der Waals surface area contributed by atoms with Crippen LogP contribution in [0, 0.1) is 0 Å². The predicted octanol–water partition coefficient (Wildman–Crippen LogP) is -1.66. The minimum atomic E-state index is 0. The van der Waals surface area contributed by atoms with Gasteiger partial charge in [-0.15, -0.1) is 0 Å². The Hall–Kier alpha value is 0.669. The molecule has 0 aliphatic heterocycles. The van der Waals surface area contributed by atoms with Gasteiger partial charge in [0.1, 0.15) is 0 Å². The van der Waals surface area contributed by atoms with Crippen molar-refractivity contribution in [3.63, 3.8) is 0 Å². The van der Waals surface area contributed by atoms with E-state index in [1.807, 2.05) is 0 Å². The first-order valence-electron chi connectivity index (χ1n) is 0. The Kier molecular flexibility index (Phi) is 2050. The molecular formula is H4AlNOSi. The van der Waals surface area contributed by atoms with Gasteiger partial charge in [0.15, 0.2) is 0 Å². The molecule has 0 atom stereocenters. The molecular weight excluding hydrogens is 85.1 g/mol. The van der Waals surface area contributed by atoms with E-state index in [9.17, 15) is 0 Å². The summed E-state index contributed by atoms with van der Waals surface area (Å²) < 4.78 is 0. The van der Waals surface area contributed by atoms with E-state index in [-0.39, 0.29) is 40.0 Å². The van der Waals surface area contributed by atoms with E-state index >= 15 is 0 Å². The molecule has 4 heteroatoms. The van der Waals surface area contributed by atoms with Crippen molar-refractivity contribution in [2.75, 3.05) is 0 Å². The van der Waals surface area contributed by atoms with Crippen molar-refractivity contribution in [1.29, 1.82) is 0 Å². The van der Waals surface area contributed by atoms with E-state index in [0.717, 1.165) is 0 Å². The second-order valence-corrected chi connectivity index (χ2v) is 0.